The van der Waals surface area contributed by atoms with Crippen LogP contribution in [0.15, 0.2) is 58.6 Å². The van der Waals surface area contributed by atoms with Gasteiger partial charge in [-0.25, -0.2) is 9.98 Å². The van der Waals surface area contributed by atoms with Crippen LogP contribution in [0.3, 0.4) is 0 Å². The van der Waals surface area contributed by atoms with Crippen molar-refractivity contribution in [2.45, 2.75) is 12.7 Å². The minimum Gasteiger partial charge on any atom is -0.497 e. The third-order valence-electron chi connectivity index (χ3n) is 4.52. The number of hydrogen-bond donors (Lipinski definition) is 3. The van der Waals surface area contributed by atoms with E-state index >= 15 is 0 Å². The van der Waals surface area contributed by atoms with Gasteiger partial charge in [0.25, 0.3) is 0 Å². The second-order valence-corrected chi connectivity index (χ2v) is 6.64. The highest BCUT2D eigenvalue weighted by atomic mass is 35.5. The largest absolute Gasteiger partial charge is 0.497 e. The number of aryl methyl sites for hydroxylation is 1. The number of hydrogen-bond acceptors (Lipinski definition) is 6. The van der Waals surface area contributed by atoms with Crippen molar-refractivity contribution >= 4 is 34.3 Å². The molecule has 7 nitrogen and oxygen atoms in total. The molecule has 0 aliphatic carbocycles. The van der Waals surface area contributed by atoms with Crippen molar-refractivity contribution in [1.29, 1.82) is 0 Å². The predicted octanol–water partition coefficient (Wildman–Crippen LogP) is 2.45. The maximum Gasteiger partial charge on any atom is 0.212 e. The minimum atomic E-state index is -1.28. The van der Waals surface area contributed by atoms with Crippen LogP contribution in [0.5, 0.6) is 5.75 Å². The average Bonchev–Trinajstić information content (AvgIpc) is 3.00. The smallest absolute Gasteiger partial charge is 0.212 e. The molecule has 0 amide bonds. The van der Waals surface area contributed by atoms with Crippen LogP contribution in [0, 0.1) is 6.92 Å². The standard InChI is InChI=1S/C19H19ClN6O/c1-11-23-14-5-3-4-6-15(14)26(11)18-16(20)17(21)24-19(22,25-18)12-7-9-13(27-2)10-8-12/h3-10,25H,22H2,1-2H3,(H2,21,24). The molecule has 138 valence electrons. The van der Waals surface area contributed by atoms with E-state index in [1.54, 1.807) is 7.11 Å². The number of rotatable bonds is 3. The number of methoxy groups -OCH3 is 1. The Hall–Kier alpha value is -3.03. The number of para-hydroxylation sites is 2. The summed E-state index contributed by atoms with van der Waals surface area (Å²) in [5.74, 6) is 0.889. The van der Waals surface area contributed by atoms with E-state index in [4.69, 9.17) is 27.8 Å². The monoisotopic (exact) mass is 382 g/mol. The number of fused-ring (bicyclic) bond motifs is 1. The summed E-state index contributed by atoms with van der Waals surface area (Å²) in [5, 5.41) is 3.53. The van der Waals surface area contributed by atoms with Crippen LogP contribution >= 0.6 is 11.6 Å². The van der Waals surface area contributed by atoms with Crippen LogP contribution in [0.25, 0.3) is 16.9 Å². The van der Waals surface area contributed by atoms with Gasteiger partial charge in [-0.15, -0.1) is 0 Å². The lowest BCUT2D eigenvalue weighted by Gasteiger charge is -2.34. The fourth-order valence-electron chi connectivity index (χ4n) is 3.19. The van der Waals surface area contributed by atoms with E-state index < -0.39 is 5.79 Å². The molecule has 0 saturated carbocycles. The van der Waals surface area contributed by atoms with Crippen molar-refractivity contribution in [3.05, 3.63) is 65.0 Å². The summed E-state index contributed by atoms with van der Waals surface area (Å²) in [6, 6.07) is 15.1. The highest BCUT2D eigenvalue weighted by Gasteiger charge is 2.35. The van der Waals surface area contributed by atoms with Crippen molar-refractivity contribution in [3.63, 3.8) is 0 Å². The van der Waals surface area contributed by atoms with Gasteiger partial charge in [-0.3, -0.25) is 10.3 Å². The molecule has 0 fully saturated rings. The number of ether oxygens (including phenoxy) is 1. The fourth-order valence-corrected chi connectivity index (χ4v) is 3.36. The van der Waals surface area contributed by atoms with Gasteiger partial charge < -0.3 is 15.8 Å². The molecule has 5 N–H and O–H groups in total. The normalized spacial score (nSPS) is 19.8. The highest BCUT2D eigenvalue weighted by Crippen LogP contribution is 2.31. The van der Waals surface area contributed by atoms with Crippen LogP contribution in [0.1, 0.15) is 11.4 Å². The van der Waals surface area contributed by atoms with Gasteiger partial charge in [0.2, 0.25) is 5.79 Å². The Morgan fingerprint density at radius 3 is 2.56 bits per heavy atom. The second-order valence-electron chi connectivity index (χ2n) is 6.26. The summed E-state index contributed by atoms with van der Waals surface area (Å²) >= 11 is 6.50. The molecule has 1 aliphatic heterocycles. The predicted molar refractivity (Wildman–Crippen MR) is 107 cm³/mol. The molecule has 1 unspecified atom stereocenters. The van der Waals surface area contributed by atoms with Crippen molar-refractivity contribution in [2.24, 2.45) is 16.5 Å². The van der Waals surface area contributed by atoms with Crippen LogP contribution < -0.4 is 21.5 Å². The molecule has 1 aliphatic rings. The summed E-state index contributed by atoms with van der Waals surface area (Å²) in [4.78, 5) is 8.97. The van der Waals surface area contributed by atoms with Gasteiger partial charge in [0.15, 0.2) is 0 Å². The molecule has 27 heavy (non-hydrogen) atoms. The van der Waals surface area contributed by atoms with Crippen LogP contribution in [-0.4, -0.2) is 22.5 Å². The molecule has 1 aromatic heterocycles. The molecule has 0 bridgehead atoms. The highest BCUT2D eigenvalue weighted by molar-refractivity contribution is 6.45. The molecule has 1 atom stereocenters. The number of nitrogens with zero attached hydrogens (tertiary/aromatic N) is 3. The van der Waals surface area contributed by atoms with Gasteiger partial charge in [-0.1, -0.05) is 23.7 Å². The van der Waals surface area contributed by atoms with E-state index in [0.29, 0.717) is 5.82 Å². The van der Waals surface area contributed by atoms with E-state index in [-0.39, 0.29) is 10.9 Å². The Bertz CT molecular complexity index is 1090. The van der Waals surface area contributed by atoms with E-state index in [9.17, 15) is 0 Å². The summed E-state index contributed by atoms with van der Waals surface area (Å²) in [5.41, 5.74) is 15.1. The molecule has 0 spiro atoms. The van der Waals surface area contributed by atoms with Crippen LogP contribution in [-0.2, 0) is 5.79 Å². The Kier molecular flexibility index (Phi) is 4.05. The zero-order chi connectivity index (χ0) is 19.2. The maximum absolute atomic E-state index is 6.57. The van der Waals surface area contributed by atoms with Gasteiger partial charge in [-0.05, 0) is 43.3 Å². The van der Waals surface area contributed by atoms with E-state index in [2.05, 4.69) is 15.3 Å². The first-order valence-electron chi connectivity index (χ1n) is 8.34. The lowest BCUT2D eigenvalue weighted by atomic mass is 10.1. The van der Waals surface area contributed by atoms with Gasteiger partial charge in [0.1, 0.15) is 28.3 Å². The van der Waals surface area contributed by atoms with Gasteiger partial charge in [0.05, 0.1) is 18.1 Å². The number of aliphatic imine (C=N–C) groups is 1. The number of nitrogens with two attached hydrogens (primary N) is 2. The molecule has 0 saturated heterocycles. The van der Waals surface area contributed by atoms with Crippen molar-refractivity contribution < 1.29 is 4.74 Å². The Morgan fingerprint density at radius 1 is 1.15 bits per heavy atom. The quantitative estimate of drug-likeness (QED) is 0.645. The second kappa shape index (κ2) is 6.29. The van der Waals surface area contributed by atoms with Crippen LogP contribution in [0.4, 0.5) is 0 Å². The molecular formula is C19H19ClN6O. The number of aromatic nitrogens is 2. The number of benzene rings is 2. The van der Waals surface area contributed by atoms with Crippen molar-refractivity contribution in [1.82, 2.24) is 14.9 Å². The molecule has 2 aromatic carbocycles. The SMILES string of the molecule is COc1ccc(C2(N)N=C(N)C(Cl)=C(n3c(C)nc4ccccc43)N2)cc1. The third kappa shape index (κ3) is 2.81. The maximum atomic E-state index is 6.57. The first-order chi connectivity index (χ1) is 12.9. The van der Waals surface area contributed by atoms with E-state index in [0.717, 1.165) is 28.2 Å². The number of amidine groups is 1. The summed E-state index contributed by atoms with van der Waals surface area (Å²) in [6.07, 6.45) is 0. The first kappa shape index (κ1) is 17.4. The van der Waals surface area contributed by atoms with Crippen LogP contribution in [0.2, 0.25) is 0 Å². The molecule has 3 aromatic rings. The number of imidazole rings is 1. The Balaban J connectivity index is 1.85. The molecule has 8 heteroatoms. The fraction of sp³-hybridized carbons (Fsp3) is 0.158. The Morgan fingerprint density at radius 2 is 1.85 bits per heavy atom. The molecule has 0 radical (unpaired) electrons. The molecule has 2 heterocycles. The summed E-state index contributed by atoms with van der Waals surface area (Å²) in [7, 11) is 1.61. The van der Waals surface area contributed by atoms with Gasteiger partial charge >= 0.3 is 0 Å². The van der Waals surface area contributed by atoms with E-state index in [1.807, 2.05) is 60.0 Å². The van der Waals surface area contributed by atoms with Gasteiger partial charge in [-0.2, -0.15) is 0 Å². The minimum absolute atomic E-state index is 0.154. The van der Waals surface area contributed by atoms with Crippen molar-refractivity contribution in [3.8, 4) is 5.75 Å². The van der Waals surface area contributed by atoms with Gasteiger partial charge in [0, 0.05) is 5.56 Å². The topological polar surface area (TPSA) is 103 Å². The van der Waals surface area contributed by atoms with E-state index in [1.165, 1.54) is 0 Å². The summed E-state index contributed by atoms with van der Waals surface area (Å²) < 4.78 is 7.10. The zero-order valence-electron chi connectivity index (χ0n) is 14.9. The average molecular weight is 383 g/mol. The molecular weight excluding hydrogens is 364 g/mol. The zero-order valence-corrected chi connectivity index (χ0v) is 15.7. The summed E-state index contributed by atoms with van der Waals surface area (Å²) in [6.45, 7) is 1.90. The lowest BCUT2D eigenvalue weighted by Crippen LogP contribution is -2.53. The molecule has 4 rings (SSSR count). The number of nitrogens with one attached hydrogen (secondary N) is 1. The third-order valence-corrected chi connectivity index (χ3v) is 4.89. The number of halogens is 1. The first-order valence-corrected chi connectivity index (χ1v) is 8.72. The Labute approximate surface area is 161 Å². The lowest BCUT2D eigenvalue weighted by molar-refractivity contribution is 0.402. The van der Waals surface area contributed by atoms with Crippen molar-refractivity contribution in [2.75, 3.05) is 7.11 Å².